The first-order valence-electron chi connectivity index (χ1n) is 16.0. The number of carbonyl (C=O) groups is 3. The van der Waals surface area contributed by atoms with Crippen molar-refractivity contribution in [3.63, 3.8) is 0 Å². The van der Waals surface area contributed by atoms with Gasteiger partial charge in [0, 0.05) is 90.6 Å². The average Bonchev–Trinajstić information content (AvgIpc) is 3.07. The maximum absolute atomic E-state index is 13.3. The molecule has 5 rings (SSSR count). The Hall–Kier alpha value is -3.45. The van der Waals surface area contributed by atoms with Crippen LogP contribution in [0, 0.1) is 17.1 Å². The maximum atomic E-state index is 13.3. The van der Waals surface area contributed by atoms with E-state index in [1.54, 1.807) is 29.2 Å². The summed E-state index contributed by atoms with van der Waals surface area (Å²) >= 11 is 0. The summed E-state index contributed by atoms with van der Waals surface area (Å²) < 4.78 is 13.3. The quantitative estimate of drug-likeness (QED) is 0.219. The van der Waals surface area contributed by atoms with Crippen LogP contribution >= 0.6 is 0 Å². The van der Waals surface area contributed by atoms with Crippen LogP contribution in [0.15, 0.2) is 42.5 Å². The van der Waals surface area contributed by atoms with E-state index in [1.807, 2.05) is 0 Å². The molecule has 3 fully saturated rings. The average molecular weight is 635 g/mol. The number of likely N-dealkylation sites (N-methyl/N-ethyl adjacent to an activating group) is 2. The Morgan fingerprint density at radius 1 is 0.957 bits per heavy atom. The van der Waals surface area contributed by atoms with Gasteiger partial charge in [-0.3, -0.25) is 14.4 Å². The number of rotatable bonds is 9. The van der Waals surface area contributed by atoms with E-state index in [0.717, 1.165) is 38.5 Å². The first-order chi connectivity index (χ1) is 21.7. The predicted octanol–water partition coefficient (Wildman–Crippen LogP) is 1.98. The monoisotopic (exact) mass is 634 g/mol. The highest BCUT2D eigenvalue weighted by Gasteiger charge is 2.20. The van der Waals surface area contributed by atoms with Crippen LogP contribution in [0.25, 0.3) is 0 Å². The fourth-order valence-electron chi connectivity index (χ4n) is 5.70. The molecule has 3 saturated heterocycles. The van der Waals surface area contributed by atoms with Crippen molar-refractivity contribution in [1.29, 1.82) is 5.41 Å². The summed E-state index contributed by atoms with van der Waals surface area (Å²) in [6.07, 6.45) is 4.29. The number of primary amides is 1. The van der Waals surface area contributed by atoms with Gasteiger partial charge in [0.25, 0.3) is 0 Å². The van der Waals surface area contributed by atoms with E-state index in [1.165, 1.54) is 83.4 Å². The van der Waals surface area contributed by atoms with Gasteiger partial charge in [0.2, 0.25) is 12.3 Å². The van der Waals surface area contributed by atoms with Crippen molar-refractivity contribution >= 4 is 32.7 Å². The molecule has 0 spiro atoms. The normalized spacial score (nSPS) is 17.8. The molecule has 46 heavy (non-hydrogen) atoms. The lowest BCUT2D eigenvalue weighted by Crippen LogP contribution is -2.48. The minimum Gasteiger partial charge on any atom is -0.366 e. The van der Waals surface area contributed by atoms with Gasteiger partial charge in [-0.25, -0.2) is 4.39 Å². The van der Waals surface area contributed by atoms with Crippen molar-refractivity contribution in [3.8, 4) is 0 Å². The fourth-order valence-corrected chi connectivity index (χ4v) is 5.70. The predicted molar refractivity (Wildman–Crippen MR) is 182 cm³/mol. The van der Waals surface area contributed by atoms with Gasteiger partial charge in [0.05, 0.1) is 5.56 Å². The summed E-state index contributed by atoms with van der Waals surface area (Å²) in [4.78, 5) is 41.5. The number of nitrogens with zero attached hydrogens (tertiary/aromatic N) is 4. The Labute approximate surface area is 275 Å². The number of halogens is 1. The number of benzene rings is 2. The molecule has 2 aromatic rings. The van der Waals surface area contributed by atoms with Gasteiger partial charge in [-0.1, -0.05) is 31.2 Å². The molecule has 249 valence electrons. The third-order valence-electron chi connectivity index (χ3n) is 8.66. The van der Waals surface area contributed by atoms with Crippen LogP contribution in [0.4, 0.5) is 4.39 Å². The third kappa shape index (κ3) is 12.7. The summed E-state index contributed by atoms with van der Waals surface area (Å²) in [6.45, 7) is 16.2. The molecule has 0 aromatic heterocycles. The first kappa shape index (κ1) is 38.7. The lowest BCUT2D eigenvalue weighted by molar-refractivity contribution is -0.119. The number of amides is 2. The SMILES string of the molecule is CCN1CCN(CC2CCNCC2)CC1.CN1CCN(C=O)CC1.N=C(Cc1ccc(F)c(C=O)c1)c1ccccc1C(N)=O.[B]. The van der Waals surface area contributed by atoms with Gasteiger partial charge >= 0.3 is 0 Å². The first-order valence-corrected chi connectivity index (χ1v) is 16.0. The van der Waals surface area contributed by atoms with E-state index in [9.17, 15) is 18.8 Å². The molecule has 3 radical (unpaired) electrons. The van der Waals surface area contributed by atoms with Crippen molar-refractivity contribution in [2.24, 2.45) is 11.7 Å². The van der Waals surface area contributed by atoms with Crippen LogP contribution in [-0.4, -0.2) is 138 Å². The van der Waals surface area contributed by atoms with Crippen LogP contribution in [0.3, 0.4) is 0 Å². The Bertz CT molecular complexity index is 1240. The highest BCUT2D eigenvalue weighted by molar-refractivity contribution is 6.09. The van der Waals surface area contributed by atoms with E-state index in [-0.39, 0.29) is 31.7 Å². The fraction of sp³-hybridized carbons (Fsp3) is 0.529. The largest absolute Gasteiger partial charge is 0.366 e. The van der Waals surface area contributed by atoms with Crippen LogP contribution in [0.5, 0.6) is 0 Å². The molecule has 10 nitrogen and oxygen atoms in total. The zero-order valence-corrected chi connectivity index (χ0v) is 27.4. The van der Waals surface area contributed by atoms with Gasteiger partial charge in [-0.05, 0) is 69.2 Å². The summed E-state index contributed by atoms with van der Waals surface area (Å²) in [6, 6.07) is 10.6. The number of nitrogens with one attached hydrogen (secondary N) is 2. The summed E-state index contributed by atoms with van der Waals surface area (Å²) in [5.74, 6) is -0.250. The second kappa shape index (κ2) is 20.6. The van der Waals surface area contributed by atoms with Gasteiger partial charge in [-0.2, -0.15) is 0 Å². The molecule has 0 bridgehead atoms. The van der Waals surface area contributed by atoms with Gasteiger partial charge in [0.15, 0.2) is 6.29 Å². The van der Waals surface area contributed by atoms with E-state index in [2.05, 4.69) is 34.0 Å². The lowest BCUT2D eigenvalue weighted by atomic mass is 9.97. The van der Waals surface area contributed by atoms with E-state index in [0.29, 0.717) is 17.4 Å². The smallest absolute Gasteiger partial charge is 0.249 e. The molecule has 2 amide bonds. The molecule has 0 aliphatic carbocycles. The van der Waals surface area contributed by atoms with Gasteiger partial charge in [-0.15, -0.1) is 0 Å². The van der Waals surface area contributed by atoms with Crippen molar-refractivity contribution in [1.82, 2.24) is 24.9 Å². The zero-order valence-electron chi connectivity index (χ0n) is 27.4. The van der Waals surface area contributed by atoms with E-state index in [4.69, 9.17) is 11.1 Å². The lowest BCUT2D eigenvalue weighted by Gasteiger charge is -2.36. The molecule has 0 atom stereocenters. The van der Waals surface area contributed by atoms with Gasteiger partial charge < -0.3 is 36.1 Å². The van der Waals surface area contributed by atoms with Crippen molar-refractivity contribution in [2.45, 2.75) is 26.2 Å². The minimum absolute atomic E-state index is 0. The topological polar surface area (TPSA) is 126 Å². The van der Waals surface area contributed by atoms with E-state index < -0.39 is 11.7 Å². The number of piperidine rings is 1. The summed E-state index contributed by atoms with van der Waals surface area (Å²) in [7, 11) is 2.07. The number of hydrogen-bond acceptors (Lipinski definition) is 8. The number of piperazine rings is 2. The molecule has 3 aliphatic heterocycles. The highest BCUT2D eigenvalue weighted by atomic mass is 19.1. The third-order valence-corrected chi connectivity index (χ3v) is 8.66. The molecule has 12 heteroatoms. The molecular weight excluding hydrogens is 584 g/mol. The standard InChI is InChI=1S/C16H13FN2O2.C12H25N3.C6H12N2O.B/c17-14-6-5-10(7-11(14)9-20)8-15(18)12-3-1-2-4-13(12)16(19)21;1-2-14-7-9-15(10-8-14)11-12-3-5-13-6-4-12;1-7-2-4-8(6-9)5-3-7;/h1-7,9,18H,8H2,(H2,19,21);12-13H,2-11H2,1H3;6H,2-5H2,1H3;. The minimum atomic E-state index is -0.608. The molecule has 4 N–H and O–H groups in total. The van der Waals surface area contributed by atoms with Crippen molar-refractivity contribution in [2.75, 3.05) is 85.6 Å². The van der Waals surface area contributed by atoms with Crippen LogP contribution in [0.1, 0.15) is 51.6 Å². The number of hydrogen-bond donors (Lipinski definition) is 3. The molecule has 0 unspecified atom stereocenters. The summed E-state index contributed by atoms with van der Waals surface area (Å²) in [5.41, 5.74) is 6.71. The Balaban J connectivity index is 0.000000257. The Morgan fingerprint density at radius 3 is 2.13 bits per heavy atom. The Kier molecular flexibility index (Phi) is 17.4. The number of carbonyl (C=O) groups excluding carboxylic acids is 3. The van der Waals surface area contributed by atoms with E-state index >= 15 is 0 Å². The number of aldehydes is 1. The van der Waals surface area contributed by atoms with Crippen molar-refractivity contribution < 1.29 is 18.8 Å². The molecule has 3 aliphatic rings. The number of nitrogens with two attached hydrogens (primary N) is 1. The molecule has 2 aromatic carbocycles. The second-order valence-corrected chi connectivity index (χ2v) is 11.9. The maximum Gasteiger partial charge on any atom is 0.249 e. The second-order valence-electron chi connectivity index (χ2n) is 11.9. The van der Waals surface area contributed by atoms with Crippen LogP contribution in [0.2, 0.25) is 0 Å². The summed E-state index contributed by atoms with van der Waals surface area (Å²) in [5, 5.41) is 11.5. The zero-order chi connectivity index (χ0) is 32.6. The van der Waals surface area contributed by atoms with Crippen LogP contribution < -0.4 is 11.1 Å². The van der Waals surface area contributed by atoms with Crippen LogP contribution in [-0.2, 0) is 11.2 Å². The highest BCUT2D eigenvalue weighted by Crippen LogP contribution is 2.16. The Morgan fingerprint density at radius 2 is 1.57 bits per heavy atom. The molecule has 0 saturated carbocycles. The van der Waals surface area contributed by atoms with Crippen molar-refractivity contribution in [3.05, 3.63) is 70.5 Å². The van der Waals surface area contributed by atoms with Gasteiger partial charge in [0.1, 0.15) is 5.82 Å². The molecular formula is C34H50BFN7O3. The molecule has 3 heterocycles.